The van der Waals surface area contributed by atoms with Crippen molar-refractivity contribution in [1.82, 2.24) is 14.6 Å². The zero-order chi connectivity index (χ0) is 14.8. The normalized spacial score (nSPS) is 20.6. The van der Waals surface area contributed by atoms with Crippen LogP contribution in [0.4, 0.5) is 5.82 Å². The van der Waals surface area contributed by atoms with Gasteiger partial charge in [0.15, 0.2) is 0 Å². The van der Waals surface area contributed by atoms with Crippen LogP contribution >= 0.6 is 0 Å². The Hall–Kier alpha value is -1.67. The zero-order valence-electron chi connectivity index (χ0n) is 11.2. The van der Waals surface area contributed by atoms with Crippen LogP contribution in [0.3, 0.4) is 0 Å². The first-order valence-corrected chi connectivity index (χ1v) is 7.83. The average molecular weight is 298 g/mol. The molecule has 1 aromatic heterocycles. The maximum atomic E-state index is 12.5. The minimum atomic E-state index is -3.67. The molecule has 8 heteroatoms. The van der Waals surface area contributed by atoms with Crippen molar-refractivity contribution < 1.29 is 13.2 Å². The summed E-state index contributed by atoms with van der Waals surface area (Å²) in [5, 5.41) is 2.76. The molecule has 3 N–H and O–H groups in total. The van der Waals surface area contributed by atoms with Crippen molar-refractivity contribution in [1.29, 1.82) is 0 Å². The summed E-state index contributed by atoms with van der Waals surface area (Å²) in [6.07, 6.45) is 2.92. The van der Waals surface area contributed by atoms with Crippen LogP contribution in [0.1, 0.15) is 19.8 Å². The van der Waals surface area contributed by atoms with E-state index in [2.05, 4.69) is 10.3 Å². The van der Waals surface area contributed by atoms with Gasteiger partial charge < -0.3 is 11.1 Å². The summed E-state index contributed by atoms with van der Waals surface area (Å²) in [7, 11) is -3.67. The van der Waals surface area contributed by atoms with Gasteiger partial charge in [0.25, 0.3) is 0 Å². The van der Waals surface area contributed by atoms with Gasteiger partial charge in [0, 0.05) is 32.3 Å². The second-order valence-electron chi connectivity index (χ2n) is 4.79. The molecule has 0 bridgehead atoms. The summed E-state index contributed by atoms with van der Waals surface area (Å²) in [6.45, 7) is 2.11. The number of rotatable bonds is 3. The van der Waals surface area contributed by atoms with E-state index in [0.29, 0.717) is 13.0 Å². The lowest BCUT2D eigenvalue weighted by Gasteiger charge is -2.32. The number of sulfonamides is 1. The standard InChI is InChI=1S/C12H18N4O3S/c1-9(17)15-10-4-3-7-16(8-10)20(18,19)11-5-2-6-14-12(11)13/h2,5-6,10H,3-4,7-8H2,1H3,(H2,13,14)(H,15,17). The van der Waals surface area contributed by atoms with E-state index in [9.17, 15) is 13.2 Å². The monoisotopic (exact) mass is 298 g/mol. The predicted molar refractivity (Wildman–Crippen MR) is 74.2 cm³/mol. The van der Waals surface area contributed by atoms with Gasteiger partial charge >= 0.3 is 0 Å². The summed E-state index contributed by atoms with van der Waals surface area (Å²) in [5.41, 5.74) is 5.64. The molecule has 1 fully saturated rings. The molecule has 2 heterocycles. The molecule has 1 aliphatic rings. The van der Waals surface area contributed by atoms with Gasteiger partial charge in [0.2, 0.25) is 15.9 Å². The number of aromatic nitrogens is 1. The van der Waals surface area contributed by atoms with Gasteiger partial charge in [-0.2, -0.15) is 4.31 Å². The number of nitrogens with one attached hydrogen (secondary N) is 1. The summed E-state index contributed by atoms with van der Waals surface area (Å²) < 4.78 is 26.4. The Morgan fingerprint density at radius 1 is 1.55 bits per heavy atom. The molecule has 2 rings (SSSR count). The molecule has 1 aromatic rings. The van der Waals surface area contributed by atoms with E-state index in [1.54, 1.807) is 6.07 Å². The van der Waals surface area contributed by atoms with E-state index < -0.39 is 10.0 Å². The lowest BCUT2D eigenvalue weighted by Crippen LogP contribution is -2.49. The first kappa shape index (κ1) is 14.7. The summed E-state index contributed by atoms with van der Waals surface area (Å²) in [6, 6.07) is 2.83. The molecule has 7 nitrogen and oxygen atoms in total. The van der Waals surface area contributed by atoms with Gasteiger partial charge in [-0.1, -0.05) is 0 Å². The predicted octanol–water partition coefficient (Wildman–Crippen LogP) is -0.0470. The molecular formula is C12H18N4O3S. The molecule has 1 atom stereocenters. The molecule has 20 heavy (non-hydrogen) atoms. The number of carbonyl (C=O) groups excluding carboxylic acids is 1. The van der Waals surface area contributed by atoms with Crippen LogP contribution in [-0.2, 0) is 14.8 Å². The largest absolute Gasteiger partial charge is 0.383 e. The van der Waals surface area contributed by atoms with Crippen molar-refractivity contribution in [2.24, 2.45) is 0 Å². The Kier molecular flexibility index (Phi) is 4.24. The zero-order valence-corrected chi connectivity index (χ0v) is 12.1. The fourth-order valence-corrected chi connectivity index (χ4v) is 3.92. The van der Waals surface area contributed by atoms with Gasteiger partial charge in [-0.25, -0.2) is 13.4 Å². The number of anilines is 1. The Bertz CT molecular complexity index is 602. The van der Waals surface area contributed by atoms with E-state index in [0.717, 1.165) is 6.42 Å². The van der Waals surface area contributed by atoms with Crippen molar-refractivity contribution in [2.45, 2.75) is 30.7 Å². The van der Waals surface area contributed by atoms with E-state index in [1.165, 1.54) is 23.5 Å². The fourth-order valence-electron chi connectivity index (χ4n) is 2.33. The highest BCUT2D eigenvalue weighted by atomic mass is 32.2. The Morgan fingerprint density at radius 2 is 2.30 bits per heavy atom. The van der Waals surface area contributed by atoms with Gasteiger partial charge in [-0.15, -0.1) is 0 Å². The molecular weight excluding hydrogens is 280 g/mol. The third-order valence-electron chi connectivity index (χ3n) is 3.21. The van der Waals surface area contributed by atoms with Crippen LogP contribution < -0.4 is 11.1 Å². The number of pyridine rings is 1. The maximum absolute atomic E-state index is 12.5. The quantitative estimate of drug-likeness (QED) is 0.814. The minimum Gasteiger partial charge on any atom is -0.383 e. The number of amides is 1. The molecule has 0 saturated carbocycles. The van der Waals surface area contributed by atoms with Crippen LogP contribution in [0.25, 0.3) is 0 Å². The highest BCUT2D eigenvalue weighted by molar-refractivity contribution is 7.89. The first-order chi connectivity index (χ1) is 9.41. The Morgan fingerprint density at radius 3 is 2.95 bits per heavy atom. The molecule has 0 spiro atoms. The van der Waals surface area contributed by atoms with Crippen LogP contribution in [0, 0.1) is 0 Å². The number of hydrogen-bond acceptors (Lipinski definition) is 5. The minimum absolute atomic E-state index is 0.00542. The molecule has 1 aliphatic heterocycles. The second kappa shape index (κ2) is 5.76. The van der Waals surface area contributed by atoms with Gasteiger partial charge in [-0.05, 0) is 25.0 Å². The average Bonchev–Trinajstić information content (AvgIpc) is 2.38. The lowest BCUT2D eigenvalue weighted by atomic mass is 10.1. The van der Waals surface area contributed by atoms with Crippen LogP contribution in [0.2, 0.25) is 0 Å². The fraction of sp³-hybridized carbons (Fsp3) is 0.500. The summed E-state index contributed by atoms with van der Waals surface area (Å²) in [4.78, 5) is 14.9. The second-order valence-corrected chi connectivity index (χ2v) is 6.70. The molecule has 1 amide bonds. The highest BCUT2D eigenvalue weighted by Crippen LogP contribution is 2.23. The van der Waals surface area contributed by atoms with Gasteiger partial charge in [0.1, 0.15) is 10.7 Å². The number of nitrogen functional groups attached to an aromatic ring is 1. The smallest absolute Gasteiger partial charge is 0.246 e. The molecule has 0 aliphatic carbocycles. The first-order valence-electron chi connectivity index (χ1n) is 6.39. The van der Waals surface area contributed by atoms with Crippen LogP contribution in [-0.4, -0.2) is 42.7 Å². The van der Waals surface area contributed by atoms with Gasteiger partial charge in [-0.3, -0.25) is 4.79 Å². The van der Waals surface area contributed by atoms with Crippen molar-refractivity contribution in [3.05, 3.63) is 18.3 Å². The van der Waals surface area contributed by atoms with Crippen molar-refractivity contribution >= 4 is 21.7 Å². The number of nitrogens with zero attached hydrogens (tertiary/aromatic N) is 2. The SMILES string of the molecule is CC(=O)NC1CCCN(S(=O)(=O)c2cccnc2N)C1. The molecule has 1 saturated heterocycles. The van der Waals surface area contributed by atoms with Crippen LogP contribution in [0.15, 0.2) is 23.2 Å². The Labute approximate surface area is 118 Å². The van der Waals surface area contributed by atoms with Gasteiger partial charge in [0.05, 0.1) is 0 Å². The third kappa shape index (κ3) is 3.07. The van der Waals surface area contributed by atoms with E-state index in [-0.39, 0.29) is 29.2 Å². The lowest BCUT2D eigenvalue weighted by molar-refractivity contribution is -0.119. The molecule has 110 valence electrons. The van der Waals surface area contributed by atoms with Crippen molar-refractivity contribution in [2.75, 3.05) is 18.8 Å². The summed E-state index contributed by atoms with van der Waals surface area (Å²) in [5.74, 6) is -0.163. The number of carbonyl (C=O) groups is 1. The van der Waals surface area contributed by atoms with Crippen molar-refractivity contribution in [3.63, 3.8) is 0 Å². The van der Waals surface area contributed by atoms with Crippen molar-refractivity contribution in [3.8, 4) is 0 Å². The molecule has 0 aromatic carbocycles. The molecule has 1 unspecified atom stereocenters. The summed E-state index contributed by atoms with van der Waals surface area (Å²) >= 11 is 0. The van der Waals surface area contributed by atoms with E-state index in [4.69, 9.17) is 5.73 Å². The molecule has 0 radical (unpaired) electrons. The highest BCUT2D eigenvalue weighted by Gasteiger charge is 2.31. The number of piperidine rings is 1. The van der Waals surface area contributed by atoms with Crippen LogP contribution in [0.5, 0.6) is 0 Å². The number of nitrogens with two attached hydrogens (primary N) is 1. The van der Waals surface area contributed by atoms with E-state index in [1.807, 2.05) is 0 Å². The third-order valence-corrected chi connectivity index (χ3v) is 5.12. The topological polar surface area (TPSA) is 105 Å². The van der Waals surface area contributed by atoms with E-state index >= 15 is 0 Å². The Balaban J connectivity index is 2.22. The maximum Gasteiger partial charge on any atom is 0.246 e. The number of hydrogen-bond donors (Lipinski definition) is 2.